The van der Waals surface area contributed by atoms with E-state index in [0.717, 1.165) is 35.9 Å². The van der Waals surface area contributed by atoms with Gasteiger partial charge in [0, 0.05) is 11.9 Å². The zero-order chi connectivity index (χ0) is 11.9. The molecule has 0 bridgehead atoms. The third-order valence-corrected chi connectivity index (χ3v) is 3.56. The van der Waals surface area contributed by atoms with E-state index in [4.69, 9.17) is 4.42 Å². The Morgan fingerprint density at radius 2 is 2.29 bits per heavy atom. The number of aliphatic hydroxyl groups is 1. The van der Waals surface area contributed by atoms with Gasteiger partial charge in [-0.2, -0.15) is 0 Å². The lowest BCUT2D eigenvalue weighted by molar-refractivity contribution is -0.00614. The number of hydrogen-bond acceptors (Lipinski definition) is 3. The Labute approximate surface area is 100 Å². The van der Waals surface area contributed by atoms with Gasteiger partial charge in [-0.3, -0.25) is 0 Å². The predicted molar refractivity (Wildman–Crippen MR) is 67.0 cm³/mol. The van der Waals surface area contributed by atoms with E-state index in [0.29, 0.717) is 12.3 Å². The number of benzene rings is 1. The first kappa shape index (κ1) is 10.8. The van der Waals surface area contributed by atoms with Gasteiger partial charge in [0.05, 0.1) is 0 Å². The number of nitrogens with one attached hydrogen (secondary N) is 1. The van der Waals surface area contributed by atoms with Gasteiger partial charge in [0.1, 0.15) is 16.9 Å². The van der Waals surface area contributed by atoms with Gasteiger partial charge in [-0.25, -0.2) is 0 Å². The van der Waals surface area contributed by atoms with Crippen LogP contribution in [0.1, 0.15) is 24.2 Å². The molecule has 17 heavy (non-hydrogen) atoms. The Bertz CT molecular complexity index is 538. The summed E-state index contributed by atoms with van der Waals surface area (Å²) in [5, 5.41) is 14.9. The molecule has 1 aromatic heterocycles. The molecule has 90 valence electrons. The average molecular weight is 231 g/mol. The summed E-state index contributed by atoms with van der Waals surface area (Å²) in [7, 11) is 0. The fourth-order valence-corrected chi connectivity index (χ4v) is 2.54. The number of hydrogen-bond donors (Lipinski definition) is 2. The van der Waals surface area contributed by atoms with Crippen LogP contribution in [0.4, 0.5) is 0 Å². The highest BCUT2D eigenvalue weighted by Crippen LogP contribution is 2.33. The number of β-amino-alcohol motifs (C(OH)–C–C–N with tert-alkyl or cyclic N) is 1. The number of furan rings is 1. The summed E-state index contributed by atoms with van der Waals surface area (Å²) in [6, 6.07) is 8.03. The Kier molecular flexibility index (Phi) is 2.45. The molecule has 2 N–H and O–H groups in total. The van der Waals surface area contributed by atoms with Gasteiger partial charge in [0.2, 0.25) is 0 Å². The third kappa shape index (κ3) is 1.75. The van der Waals surface area contributed by atoms with E-state index in [2.05, 4.69) is 5.32 Å². The second kappa shape index (κ2) is 3.86. The minimum atomic E-state index is -0.844. The van der Waals surface area contributed by atoms with Crippen LogP contribution in [0.5, 0.6) is 0 Å². The van der Waals surface area contributed by atoms with Crippen molar-refractivity contribution in [3.8, 4) is 0 Å². The van der Waals surface area contributed by atoms with E-state index in [-0.39, 0.29) is 0 Å². The maximum atomic E-state index is 10.6. The average Bonchev–Trinajstić information content (AvgIpc) is 2.76. The van der Waals surface area contributed by atoms with Crippen LogP contribution in [-0.2, 0) is 5.60 Å². The number of rotatable bonds is 1. The van der Waals surface area contributed by atoms with Crippen molar-refractivity contribution in [2.24, 2.45) is 0 Å². The van der Waals surface area contributed by atoms with Gasteiger partial charge in [-0.15, -0.1) is 0 Å². The van der Waals surface area contributed by atoms with E-state index >= 15 is 0 Å². The molecule has 0 radical (unpaired) electrons. The smallest absolute Gasteiger partial charge is 0.138 e. The lowest BCUT2D eigenvalue weighted by atomic mass is 9.91. The van der Waals surface area contributed by atoms with Gasteiger partial charge in [-0.1, -0.05) is 18.2 Å². The van der Waals surface area contributed by atoms with Crippen molar-refractivity contribution < 1.29 is 9.52 Å². The van der Waals surface area contributed by atoms with Crippen LogP contribution in [0, 0.1) is 6.92 Å². The molecule has 1 fully saturated rings. The van der Waals surface area contributed by atoms with Crippen LogP contribution in [0.2, 0.25) is 0 Å². The van der Waals surface area contributed by atoms with Crippen LogP contribution in [-0.4, -0.2) is 18.2 Å². The first-order chi connectivity index (χ1) is 8.19. The summed E-state index contributed by atoms with van der Waals surface area (Å²) in [5.41, 5.74) is 1.16. The molecule has 0 spiro atoms. The zero-order valence-corrected chi connectivity index (χ0v) is 9.99. The lowest BCUT2D eigenvalue weighted by Crippen LogP contribution is -2.42. The molecule has 2 heterocycles. The molecule has 1 saturated heterocycles. The number of fused-ring (bicyclic) bond motifs is 1. The molecule has 3 nitrogen and oxygen atoms in total. The largest absolute Gasteiger partial charge is 0.458 e. The van der Waals surface area contributed by atoms with Crippen molar-refractivity contribution >= 4 is 11.0 Å². The number of para-hydroxylation sites is 1. The minimum Gasteiger partial charge on any atom is -0.458 e. The van der Waals surface area contributed by atoms with E-state index in [9.17, 15) is 5.11 Å². The van der Waals surface area contributed by atoms with E-state index in [1.54, 1.807) is 0 Å². The molecule has 2 aromatic rings. The van der Waals surface area contributed by atoms with Crippen molar-refractivity contribution in [1.82, 2.24) is 5.32 Å². The van der Waals surface area contributed by atoms with Crippen LogP contribution in [0.3, 0.4) is 0 Å². The minimum absolute atomic E-state index is 0.575. The molecular formula is C14H17NO2. The summed E-state index contributed by atoms with van der Waals surface area (Å²) in [6.45, 7) is 3.58. The molecule has 1 aliphatic heterocycles. The first-order valence-corrected chi connectivity index (χ1v) is 6.12. The van der Waals surface area contributed by atoms with Crippen molar-refractivity contribution in [3.05, 3.63) is 35.6 Å². The fourth-order valence-electron chi connectivity index (χ4n) is 2.54. The van der Waals surface area contributed by atoms with Crippen molar-refractivity contribution in [2.75, 3.05) is 13.1 Å². The highest BCUT2D eigenvalue weighted by atomic mass is 16.4. The maximum Gasteiger partial charge on any atom is 0.138 e. The number of piperidine rings is 1. The molecule has 0 amide bonds. The van der Waals surface area contributed by atoms with Crippen molar-refractivity contribution in [3.63, 3.8) is 0 Å². The lowest BCUT2D eigenvalue weighted by Gasteiger charge is -2.30. The first-order valence-electron chi connectivity index (χ1n) is 6.12. The number of aryl methyl sites for hydroxylation is 1. The molecular weight excluding hydrogens is 214 g/mol. The molecule has 1 atom stereocenters. The van der Waals surface area contributed by atoms with Gasteiger partial charge < -0.3 is 14.8 Å². The highest BCUT2D eigenvalue weighted by molar-refractivity contribution is 5.81. The standard InChI is InChI=1S/C14H17NO2/c1-10-4-2-5-11-8-12(17-13(10)11)14(16)6-3-7-15-9-14/h2,4-5,8,15-16H,3,6-7,9H2,1H3. The van der Waals surface area contributed by atoms with Crippen LogP contribution >= 0.6 is 0 Å². The van der Waals surface area contributed by atoms with E-state index in [1.807, 2.05) is 31.2 Å². The molecule has 0 saturated carbocycles. The molecule has 1 aliphatic rings. The second-order valence-electron chi connectivity index (χ2n) is 4.92. The summed E-state index contributed by atoms with van der Waals surface area (Å²) in [6.07, 6.45) is 1.74. The zero-order valence-electron chi connectivity index (χ0n) is 9.99. The van der Waals surface area contributed by atoms with Crippen molar-refractivity contribution in [2.45, 2.75) is 25.4 Å². The van der Waals surface area contributed by atoms with Gasteiger partial charge in [-0.05, 0) is 37.9 Å². The summed E-state index contributed by atoms with van der Waals surface area (Å²) < 4.78 is 5.85. The third-order valence-electron chi connectivity index (χ3n) is 3.56. The summed E-state index contributed by atoms with van der Waals surface area (Å²) in [4.78, 5) is 0. The fraction of sp³-hybridized carbons (Fsp3) is 0.429. The summed E-state index contributed by atoms with van der Waals surface area (Å²) in [5.74, 6) is 0.689. The highest BCUT2D eigenvalue weighted by Gasteiger charge is 2.34. The molecule has 3 rings (SSSR count). The quantitative estimate of drug-likeness (QED) is 0.791. The van der Waals surface area contributed by atoms with E-state index in [1.165, 1.54) is 0 Å². The molecule has 0 aliphatic carbocycles. The molecule has 3 heteroatoms. The molecule has 1 aromatic carbocycles. The summed E-state index contributed by atoms with van der Waals surface area (Å²) >= 11 is 0. The van der Waals surface area contributed by atoms with Crippen LogP contribution in [0.15, 0.2) is 28.7 Å². The SMILES string of the molecule is Cc1cccc2cc(C3(O)CCCNC3)oc12. The Morgan fingerprint density at radius 3 is 3.00 bits per heavy atom. The maximum absolute atomic E-state index is 10.6. The monoisotopic (exact) mass is 231 g/mol. The van der Waals surface area contributed by atoms with Crippen molar-refractivity contribution in [1.29, 1.82) is 0 Å². The topological polar surface area (TPSA) is 45.4 Å². The van der Waals surface area contributed by atoms with Crippen LogP contribution < -0.4 is 5.32 Å². The Balaban J connectivity index is 2.08. The van der Waals surface area contributed by atoms with Gasteiger partial charge >= 0.3 is 0 Å². The Morgan fingerprint density at radius 1 is 1.41 bits per heavy atom. The van der Waals surface area contributed by atoms with Crippen LogP contribution in [0.25, 0.3) is 11.0 Å². The van der Waals surface area contributed by atoms with Gasteiger partial charge in [0.15, 0.2) is 0 Å². The Hall–Kier alpha value is -1.32. The molecule has 1 unspecified atom stereocenters. The predicted octanol–water partition coefficient (Wildman–Crippen LogP) is 2.31. The van der Waals surface area contributed by atoms with E-state index < -0.39 is 5.60 Å². The normalized spacial score (nSPS) is 25.3. The second-order valence-corrected chi connectivity index (χ2v) is 4.92. The van der Waals surface area contributed by atoms with Gasteiger partial charge in [0.25, 0.3) is 0 Å².